The van der Waals surface area contributed by atoms with Gasteiger partial charge in [-0.2, -0.15) is 0 Å². The Morgan fingerprint density at radius 1 is 1.04 bits per heavy atom. The number of aryl methyl sites for hydroxylation is 1. The summed E-state index contributed by atoms with van der Waals surface area (Å²) in [4.78, 5) is 16.6. The predicted molar refractivity (Wildman–Crippen MR) is 97.9 cm³/mol. The smallest absolute Gasteiger partial charge is 0.238 e. The van der Waals surface area contributed by atoms with Crippen LogP contribution in [0.25, 0.3) is 0 Å². The first-order valence-corrected chi connectivity index (χ1v) is 8.64. The molecule has 0 spiro atoms. The lowest BCUT2D eigenvalue weighted by molar-refractivity contribution is -0.117. The summed E-state index contributed by atoms with van der Waals surface area (Å²) in [5.74, 6) is -0.175. The number of rotatable bonds is 5. The van der Waals surface area contributed by atoms with Crippen LogP contribution in [0.5, 0.6) is 0 Å². The van der Waals surface area contributed by atoms with Crippen molar-refractivity contribution in [3.05, 3.63) is 65.5 Å². The van der Waals surface area contributed by atoms with Gasteiger partial charge in [-0.1, -0.05) is 29.8 Å². The lowest BCUT2D eigenvalue weighted by Gasteiger charge is -2.34. The fourth-order valence-electron chi connectivity index (χ4n) is 3.04. The van der Waals surface area contributed by atoms with E-state index in [1.807, 2.05) is 37.3 Å². The van der Waals surface area contributed by atoms with Gasteiger partial charge >= 0.3 is 0 Å². The topological polar surface area (TPSA) is 35.6 Å². The molecule has 0 bridgehead atoms. The van der Waals surface area contributed by atoms with Gasteiger partial charge in [0.15, 0.2) is 0 Å². The maximum Gasteiger partial charge on any atom is 0.238 e. The molecule has 25 heavy (non-hydrogen) atoms. The first kappa shape index (κ1) is 17.6. The van der Waals surface area contributed by atoms with Gasteiger partial charge in [-0.3, -0.25) is 14.6 Å². The molecule has 1 N–H and O–H groups in total. The molecule has 1 aliphatic rings. The summed E-state index contributed by atoms with van der Waals surface area (Å²) in [5.41, 5.74) is 3.00. The minimum absolute atomic E-state index is 0.0161. The minimum Gasteiger partial charge on any atom is -0.325 e. The molecule has 0 saturated carbocycles. The number of hydrogen-bond acceptors (Lipinski definition) is 3. The Kier molecular flexibility index (Phi) is 5.79. The molecule has 0 atom stereocenters. The second-order valence-electron chi connectivity index (χ2n) is 6.60. The molecule has 3 rings (SSSR count). The number of amides is 1. The Bertz CT molecular complexity index is 709. The molecule has 1 saturated heterocycles. The number of benzene rings is 2. The van der Waals surface area contributed by atoms with Gasteiger partial charge in [-0.25, -0.2) is 4.39 Å². The maximum atomic E-state index is 13.3. The number of carbonyl (C=O) groups excluding carboxylic acids is 1. The minimum atomic E-state index is -0.191. The van der Waals surface area contributed by atoms with Crippen molar-refractivity contribution in [2.75, 3.05) is 38.0 Å². The van der Waals surface area contributed by atoms with Crippen LogP contribution in [0.3, 0.4) is 0 Å². The summed E-state index contributed by atoms with van der Waals surface area (Å²) in [6, 6.07) is 14.6. The van der Waals surface area contributed by atoms with Gasteiger partial charge in [0.2, 0.25) is 5.91 Å². The Morgan fingerprint density at radius 3 is 2.40 bits per heavy atom. The molecule has 1 aliphatic heterocycles. The van der Waals surface area contributed by atoms with E-state index in [1.165, 1.54) is 11.6 Å². The molecule has 2 aromatic rings. The fraction of sp³-hybridized carbons (Fsp3) is 0.350. The van der Waals surface area contributed by atoms with Crippen LogP contribution in [0.4, 0.5) is 10.1 Å². The molecule has 4 nitrogen and oxygen atoms in total. The third-order valence-electron chi connectivity index (χ3n) is 4.46. The first-order chi connectivity index (χ1) is 12.1. The van der Waals surface area contributed by atoms with Crippen LogP contribution >= 0.6 is 0 Å². The van der Waals surface area contributed by atoms with Crippen LogP contribution < -0.4 is 5.32 Å². The zero-order valence-corrected chi connectivity index (χ0v) is 14.5. The first-order valence-electron chi connectivity index (χ1n) is 8.64. The molecule has 1 fully saturated rings. The highest BCUT2D eigenvalue weighted by Crippen LogP contribution is 2.11. The van der Waals surface area contributed by atoms with Crippen molar-refractivity contribution < 1.29 is 9.18 Å². The van der Waals surface area contributed by atoms with E-state index < -0.39 is 0 Å². The van der Waals surface area contributed by atoms with E-state index in [0.717, 1.165) is 44.0 Å². The van der Waals surface area contributed by atoms with E-state index in [1.54, 1.807) is 12.1 Å². The molecule has 132 valence electrons. The molecule has 2 aromatic carbocycles. The molecule has 5 heteroatoms. The summed E-state index contributed by atoms with van der Waals surface area (Å²) in [7, 11) is 0. The van der Waals surface area contributed by atoms with Crippen molar-refractivity contribution in [2.24, 2.45) is 0 Å². The third kappa shape index (κ3) is 5.37. The SMILES string of the molecule is Cc1ccc(NC(=O)CN2CCN(Cc3cccc(F)c3)CC2)cc1. The molecule has 1 heterocycles. The van der Waals surface area contributed by atoms with Gasteiger partial charge in [0.05, 0.1) is 6.54 Å². The zero-order chi connectivity index (χ0) is 17.6. The number of carbonyl (C=O) groups is 1. The van der Waals surface area contributed by atoms with Gasteiger partial charge in [-0.15, -0.1) is 0 Å². The van der Waals surface area contributed by atoms with Crippen LogP contribution in [-0.2, 0) is 11.3 Å². The average molecular weight is 341 g/mol. The fourth-order valence-corrected chi connectivity index (χ4v) is 3.04. The second kappa shape index (κ2) is 8.23. The van der Waals surface area contributed by atoms with Crippen molar-refractivity contribution in [3.8, 4) is 0 Å². The van der Waals surface area contributed by atoms with Crippen molar-refractivity contribution in [2.45, 2.75) is 13.5 Å². The van der Waals surface area contributed by atoms with E-state index in [9.17, 15) is 9.18 Å². The van der Waals surface area contributed by atoms with Gasteiger partial charge < -0.3 is 5.32 Å². The number of nitrogens with one attached hydrogen (secondary N) is 1. The largest absolute Gasteiger partial charge is 0.325 e. The summed E-state index contributed by atoms with van der Waals surface area (Å²) < 4.78 is 13.3. The summed E-state index contributed by atoms with van der Waals surface area (Å²) in [6.07, 6.45) is 0. The van der Waals surface area contributed by atoms with Crippen molar-refractivity contribution in [1.82, 2.24) is 9.80 Å². The summed E-state index contributed by atoms with van der Waals surface area (Å²) >= 11 is 0. The van der Waals surface area contributed by atoms with Crippen molar-refractivity contribution >= 4 is 11.6 Å². The molecule has 0 aromatic heterocycles. The molecule has 0 radical (unpaired) electrons. The Balaban J connectivity index is 1.42. The summed E-state index contributed by atoms with van der Waals surface area (Å²) in [5, 5.41) is 2.94. The molecular formula is C20H24FN3O. The number of halogens is 1. The number of nitrogens with zero attached hydrogens (tertiary/aromatic N) is 2. The highest BCUT2D eigenvalue weighted by Gasteiger charge is 2.19. The lowest BCUT2D eigenvalue weighted by atomic mass is 10.2. The quantitative estimate of drug-likeness (QED) is 0.908. The van der Waals surface area contributed by atoms with Crippen LogP contribution in [0.2, 0.25) is 0 Å². The molecule has 0 aliphatic carbocycles. The van der Waals surface area contributed by atoms with E-state index >= 15 is 0 Å². The van der Waals surface area contributed by atoms with Crippen LogP contribution in [0, 0.1) is 12.7 Å². The predicted octanol–water partition coefficient (Wildman–Crippen LogP) is 2.89. The number of hydrogen-bond donors (Lipinski definition) is 1. The molecule has 0 unspecified atom stereocenters. The maximum absolute atomic E-state index is 13.3. The third-order valence-corrected chi connectivity index (χ3v) is 4.46. The van der Waals surface area contributed by atoms with E-state index in [4.69, 9.17) is 0 Å². The van der Waals surface area contributed by atoms with Gasteiger partial charge in [-0.05, 0) is 36.8 Å². The van der Waals surface area contributed by atoms with Crippen molar-refractivity contribution in [3.63, 3.8) is 0 Å². The number of piperazine rings is 1. The normalized spacial score (nSPS) is 15.9. The Morgan fingerprint density at radius 2 is 1.72 bits per heavy atom. The highest BCUT2D eigenvalue weighted by molar-refractivity contribution is 5.92. The van der Waals surface area contributed by atoms with Crippen LogP contribution in [0.1, 0.15) is 11.1 Å². The van der Waals surface area contributed by atoms with Gasteiger partial charge in [0, 0.05) is 38.4 Å². The Labute approximate surface area is 148 Å². The molecule has 1 amide bonds. The number of anilines is 1. The van der Waals surface area contributed by atoms with E-state index in [0.29, 0.717) is 6.54 Å². The second-order valence-corrected chi connectivity index (χ2v) is 6.60. The van der Waals surface area contributed by atoms with Crippen LogP contribution in [-0.4, -0.2) is 48.4 Å². The highest BCUT2D eigenvalue weighted by atomic mass is 19.1. The average Bonchev–Trinajstić information content (AvgIpc) is 2.59. The van der Waals surface area contributed by atoms with E-state index in [2.05, 4.69) is 15.1 Å². The zero-order valence-electron chi connectivity index (χ0n) is 14.5. The van der Waals surface area contributed by atoms with Crippen LogP contribution in [0.15, 0.2) is 48.5 Å². The van der Waals surface area contributed by atoms with Gasteiger partial charge in [0.1, 0.15) is 5.82 Å². The van der Waals surface area contributed by atoms with Crippen molar-refractivity contribution in [1.29, 1.82) is 0 Å². The molecular weight excluding hydrogens is 317 g/mol. The van der Waals surface area contributed by atoms with E-state index in [-0.39, 0.29) is 11.7 Å². The lowest BCUT2D eigenvalue weighted by Crippen LogP contribution is -2.48. The standard InChI is InChI=1S/C20H24FN3O/c1-16-5-7-19(8-6-16)22-20(25)15-24-11-9-23(10-12-24)14-17-3-2-4-18(21)13-17/h2-8,13H,9-12,14-15H2,1H3,(H,22,25). The van der Waals surface area contributed by atoms with Gasteiger partial charge in [0.25, 0.3) is 0 Å². The monoisotopic (exact) mass is 341 g/mol. The summed E-state index contributed by atoms with van der Waals surface area (Å²) in [6.45, 7) is 6.63. The Hall–Kier alpha value is -2.24.